The fraction of sp³-hybridized carbons (Fsp3) is 0.400. The summed E-state index contributed by atoms with van der Waals surface area (Å²) >= 11 is 4.63. The van der Waals surface area contributed by atoms with Crippen LogP contribution in [-0.2, 0) is 17.9 Å². The van der Waals surface area contributed by atoms with Gasteiger partial charge in [-0.25, -0.2) is 9.48 Å². The minimum atomic E-state index is -0.364. The lowest BCUT2D eigenvalue weighted by Crippen LogP contribution is -2.10. The molecule has 0 radical (unpaired) electrons. The Morgan fingerprint density at radius 1 is 1.56 bits per heavy atom. The molecular weight excluding hydrogens is 320 g/mol. The first-order valence-corrected chi connectivity index (χ1v) is 6.99. The van der Waals surface area contributed by atoms with Gasteiger partial charge < -0.3 is 4.74 Å². The van der Waals surface area contributed by atoms with Gasteiger partial charge in [0.05, 0.1) is 3.79 Å². The van der Waals surface area contributed by atoms with Gasteiger partial charge in [0.1, 0.15) is 4.88 Å². The standard InChI is InChI=1S/C10H11BrN4O2S/c1-2-5-15-9(12-13-14-15)6-17-10(16)7-3-4-8(11)18-7/h3-4H,2,5-6H2,1H3. The van der Waals surface area contributed by atoms with Gasteiger partial charge in [-0.2, -0.15) is 0 Å². The minimum Gasteiger partial charge on any atom is -0.453 e. The van der Waals surface area contributed by atoms with Gasteiger partial charge in [-0.15, -0.1) is 16.4 Å². The maximum Gasteiger partial charge on any atom is 0.348 e. The second kappa shape index (κ2) is 6.05. The number of esters is 1. The van der Waals surface area contributed by atoms with Crippen molar-refractivity contribution in [2.24, 2.45) is 0 Å². The summed E-state index contributed by atoms with van der Waals surface area (Å²) in [6.45, 7) is 2.83. The molecule has 0 aliphatic heterocycles. The fourth-order valence-electron chi connectivity index (χ4n) is 1.34. The van der Waals surface area contributed by atoms with Crippen LogP contribution in [0.15, 0.2) is 15.9 Å². The summed E-state index contributed by atoms with van der Waals surface area (Å²) in [5.41, 5.74) is 0. The van der Waals surface area contributed by atoms with E-state index in [9.17, 15) is 4.79 Å². The molecule has 0 unspecified atom stereocenters. The molecule has 6 nitrogen and oxygen atoms in total. The van der Waals surface area contributed by atoms with Gasteiger partial charge in [0.2, 0.25) is 0 Å². The van der Waals surface area contributed by atoms with Crippen molar-refractivity contribution < 1.29 is 9.53 Å². The maximum absolute atomic E-state index is 11.7. The Labute approximate surface area is 116 Å². The van der Waals surface area contributed by atoms with E-state index < -0.39 is 0 Å². The normalized spacial score (nSPS) is 10.6. The fourth-order valence-corrected chi connectivity index (χ4v) is 2.62. The number of ether oxygens (including phenoxy) is 1. The molecule has 0 fully saturated rings. The van der Waals surface area contributed by atoms with Gasteiger partial charge in [0.25, 0.3) is 0 Å². The zero-order valence-corrected chi connectivity index (χ0v) is 12.1. The SMILES string of the molecule is CCCn1nnnc1COC(=O)c1ccc(Br)s1. The number of tetrazole rings is 1. The van der Waals surface area contributed by atoms with Crippen LogP contribution in [0, 0.1) is 0 Å². The number of hydrogen-bond acceptors (Lipinski definition) is 6. The lowest BCUT2D eigenvalue weighted by Gasteiger charge is -2.03. The molecule has 0 N–H and O–H groups in total. The Bertz CT molecular complexity index is 539. The van der Waals surface area contributed by atoms with Gasteiger partial charge in [-0.1, -0.05) is 6.92 Å². The number of hydrogen-bond donors (Lipinski definition) is 0. The van der Waals surface area contributed by atoms with Crippen LogP contribution in [0.1, 0.15) is 28.8 Å². The average Bonchev–Trinajstić information content (AvgIpc) is 2.96. The van der Waals surface area contributed by atoms with Gasteiger partial charge in [-0.05, 0) is 44.9 Å². The molecule has 0 bridgehead atoms. The van der Waals surface area contributed by atoms with Crippen molar-refractivity contribution in [3.63, 3.8) is 0 Å². The van der Waals surface area contributed by atoms with Crippen molar-refractivity contribution in [1.29, 1.82) is 0 Å². The van der Waals surface area contributed by atoms with E-state index in [-0.39, 0.29) is 12.6 Å². The first-order valence-electron chi connectivity index (χ1n) is 5.38. The first kappa shape index (κ1) is 13.2. The van der Waals surface area contributed by atoms with E-state index in [0.29, 0.717) is 17.2 Å². The van der Waals surface area contributed by atoms with Gasteiger partial charge in [-0.3, -0.25) is 0 Å². The molecule has 0 aliphatic rings. The highest BCUT2D eigenvalue weighted by Gasteiger charge is 2.12. The third kappa shape index (κ3) is 3.14. The summed E-state index contributed by atoms with van der Waals surface area (Å²) in [6.07, 6.45) is 0.920. The van der Waals surface area contributed by atoms with Crippen LogP contribution in [0.25, 0.3) is 0 Å². The molecule has 0 saturated carbocycles. The van der Waals surface area contributed by atoms with E-state index in [1.165, 1.54) is 11.3 Å². The number of halogens is 1. The second-order valence-corrected chi connectivity index (χ2v) is 5.96. The highest BCUT2D eigenvalue weighted by Crippen LogP contribution is 2.22. The molecule has 0 amide bonds. The lowest BCUT2D eigenvalue weighted by atomic mass is 10.4. The van der Waals surface area contributed by atoms with Crippen molar-refractivity contribution in [2.45, 2.75) is 26.5 Å². The predicted molar refractivity (Wildman–Crippen MR) is 69.2 cm³/mol. The molecule has 0 saturated heterocycles. The minimum absolute atomic E-state index is 0.0847. The first-order chi connectivity index (χ1) is 8.70. The second-order valence-electron chi connectivity index (χ2n) is 3.50. The molecule has 18 heavy (non-hydrogen) atoms. The predicted octanol–water partition coefficient (Wildman–Crippen LogP) is 2.26. The molecule has 2 rings (SSSR count). The summed E-state index contributed by atoms with van der Waals surface area (Å²) in [5, 5.41) is 11.2. The van der Waals surface area contributed by atoms with E-state index in [1.54, 1.807) is 10.7 Å². The van der Waals surface area contributed by atoms with Crippen molar-refractivity contribution in [1.82, 2.24) is 20.2 Å². The van der Waals surface area contributed by atoms with Crippen LogP contribution in [-0.4, -0.2) is 26.2 Å². The van der Waals surface area contributed by atoms with Gasteiger partial charge in [0.15, 0.2) is 12.4 Å². The average molecular weight is 331 g/mol. The van der Waals surface area contributed by atoms with Crippen molar-refractivity contribution >= 4 is 33.2 Å². The van der Waals surface area contributed by atoms with Crippen molar-refractivity contribution in [3.05, 3.63) is 26.6 Å². The van der Waals surface area contributed by atoms with E-state index >= 15 is 0 Å². The molecule has 2 aromatic heterocycles. The topological polar surface area (TPSA) is 69.9 Å². The highest BCUT2D eigenvalue weighted by atomic mass is 79.9. The number of rotatable bonds is 5. The monoisotopic (exact) mass is 330 g/mol. The van der Waals surface area contributed by atoms with Crippen LogP contribution in [0.3, 0.4) is 0 Å². The zero-order chi connectivity index (χ0) is 13.0. The van der Waals surface area contributed by atoms with Gasteiger partial charge >= 0.3 is 5.97 Å². The van der Waals surface area contributed by atoms with E-state index in [2.05, 4.69) is 31.5 Å². The Morgan fingerprint density at radius 3 is 3.06 bits per heavy atom. The largest absolute Gasteiger partial charge is 0.453 e. The summed E-state index contributed by atoms with van der Waals surface area (Å²) in [5.74, 6) is 0.192. The van der Waals surface area contributed by atoms with Crippen LogP contribution in [0.5, 0.6) is 0 Å². The summed E-state index contributed by atoms with van der Waals surface area (Å²) in [7, 11) is 0. The quantitative estimate of drug-likeness (QED) is 0.786. The summed E-state index contributed by atoms with van der Waals surface area (Å²) < 4.78 is 7.69. The zero-order valence-electron chi connectivity index (χ0n) is 9.67. The molecular formula is C10H11BrN4O2S. The van der Waals surface area contributed by atoms with Crippen molar-refractivity contribution in [3.8, 4) is 0 Å². The molecule has 2 heterocycles. The number of aryl methyl sites for hydroxylation is 1. The van der Waals surface area contributed by atoms with Crippen LogP contribution < -0.4 is 0 Å². The van der Waals surface area contributed by atoms with E-state index in [0.717, 1.165) is 10.2 Å². The van der Waals surface area contributed by atoms with Crippen molar-refractivity contribution in [2.75, 3.05) is 0 Å². The van der Waals surface area contributed by atoms with Crippen LogP contribution in [0.4, 0.5) is 0 Å². The van der Waals surface area contributed by atoms with E-state index in [4.69, 9.17) is 4.74 Å². The smallest absolute Gasteiger partial charge is 0.348 e. The molecule has 0 aromatic carbocycles. The Morgan fingerprint density at radius 2 is 2.39 bits per heavy atom. The van der Waals surface area contributed by atoms with E-state index in [1.807, 2.05) is 13.0 Å². The summed E-state index contributed by atoms with van der Waals surface area (Å²) in [6, 6.07) is 3.52. The third-order valence-corrected chi connectivity index (χ3v) is 3.75. The molecule has 0 aliphatic carbocycles. The summed E-state index contributed by atoms with van der Waals surface area (Å²) in [4.78, 5) is 12.3. The molecule has 8 heteroatoms. The van der Waals surface area contributed by atoms with Gasteiger partial charge in [0, 0.05) is 6.54 Å². The highest BCUT2D eigenvalue weighted by molar-refractivity contribution is 9.11. The van der Waals surface area contributed by atoms with Crippen LogP contribution in [0.2, 0.25) is 0 Å². The number of thiophene rings is 1. The Balaban J connectivity index is 1.95. The molecule has 0 atom stereocenters. The Kier molecular flexibility index (Phi) is 4.43. The number of carbonyl (C=O) groups is 1. The van der Waals surface area contributed by atoms with Crippen LogP contribution >= 0.6 is 27.3 Å². The number of nitrogens with zero attached hydrogens (tertiary/aromatic N) is 4. The molecule has 96 valence electrons. The Hall–Kier alpha value is -1.28. The molecule has 0 spiro atoms. The molecule has 2 aromatic rings. The maximum atomic E-state index is 11.7. The number of carbonyl (C=O) groups excluding carboxylic acids is 1. The number of aromatic nitrogens is 4. The third-order valence-electron chi connectivity index (χ3n) is 2.15. The lowest BCUT2D eigenvalue weighted by molar-refractivity contribution is 0.0462.